The van der Waals surface area contributed by atoms with Gasteiger partial charge in [0.1, 0.15) is 5.60 Å². The van der Waals surface area contributed by atoms with Gasteiger partial charge in [0, 0.05) is 43.4 Å². The van der Waals surface area contributed by atoms with Crippen molar-refractivity contribution in [1.82, 2.24) is 15.2 Å². The molecule has 2 heterocycles. The number of nitrogens with one attached hydrogen (secondary N) is 2. The quantitative estimate of drug-likeness (QED) is 0.850. The van der Waals surface area contributed by atoms with Gasteiger partial charge in [-0.05, 0) is 38.8 Å². The van der Waals surface area contributed by atoms with Crippen LogP contribution in [0.5, 0.6) is 0 Å². The van der Waals surface area contributed by atoms with Crippen molar-refractivity contribution in [3.63, 3.8) is 0 Å². The molecule has 1 amide bonds. The van der Waals surface area contributed by atoms with Gasteiger partial charge in [-0.15, -0.1) is 0 Å². The van der Waals surface area contributed by atoms with Crippen LogP contribution in [0.25, 0.3) is 0 Å². The fourth-order valence-corrected chi connectivity index (χ4v) is 3.59. The number of hydrogen-bond donors (Lipinski definition) is 2. The highest BCUT2D eigenvalue weighted by Gasteiger charge is 2.34. The summed E-state index contributed by atoms with van der Waals surface area (Å²) in [4.78, 5) is 29.0. The average Bonchev–Trinajstić information content (AvgIpc) is 2.66. The van der Waals surface area contributed by atoms with Crippen LogP contribution in [-0.4, -0.2) is 40.7 Å². The second-order valence-electron chi connectivity index (χ2n) is 8.24. The molecule has 0 spiro atoms. The largest absolute Gasteiger partial charge is 0.444 e. The number of piperidine rings is 1. The molecule has 2 N–H and O–H groups in total. The van der Waals surface area contributed by atoms with Gasteiger partial charge in [-0.2, -0.15) is 0 Å². The molecule has 1 aromatic heterocycles. The molecule has 2 unspecified atom stereocenters. The summed E-state index contributed by atoms with van der Waals surface area (Å²) >= 11 is 0. The van der Waals surface area contributed by atoms with E-state index in [1.807, 2.05) is 51.1 Å². The van der Waals surface area contributed by atoms with Crippen LogP contribution in [0.3, 0.4) is 0 Å². The van der Waals surface area contributed by atoms with E-state index in [4.69, 9.17) is 4.74 Å². The van der Waals surface area contributed by atoms with E-state index in [1.54, 1.807) is 11.1 Å². The molecule has 1 aliphatic rings. The van der Waals surface area contributed by atoms with Crippen LogP contribution in [0.4, 0.5) is 4.79 Å². The molecular formula is C22H29N3O3. The number of carbonyl (C=O) groups excluding carboxylic acids is 1. The SMILES string of the molecule is CC(C)(C)OC(=O)N1CCC(c2ccccc2)C(NCc2ccc[nH]c2=O)C1. The topological polar surface area (TPSA) is 74.4 Å². The Balaban J connectivity index is 1.75. The van der Waals surface area contributed by atoms with Gasteiger partial charge in [-0.1, -0.05) is 36.4 Å². The minimum Gasteiger partial charge on any atom is -0.444 e. The smallest absolute Gasteiger partial charge is 0.410 e. The van der Waals surface area contributed by atoms with Crippen LogP contribution >= 0.6 is 0 Å². The summed E-state index contributed by atoms with van der Waals surface area (Å²) in [6.45, 7) is 7.27. The molecule has 6 nitrogen and oxygen atoms in total. The van der Waals surface area contributed by atoms with Gasteiger partial charge < -0.3 is 19.9 Å². The Hall–Kier alpha value is -2.60. The summed E-state index contributed by atoms with van der Waals surface area (Å²) < 4.78 is 5.55. The average molecular weight is 383 g/mol. The van der Waals surface area contributed by atoms with Crippen molar-refractivity contribution in [3.05, 3.63) is 70.1 Å². The molecule has 3 rings (SSSR count). The number of amides is 1. The summed E-state index contributed by atoms with van der Waals surface area (Å²) in [5, 5.41) is 3.51. The first-order chi connectivity index (χ1) is 13.3. The molecule has 0 bridgehead atoms. The van der Waals surface area contributed by atoms with E-state index in [0.29, 0.717) is 25.2 Å². The van der Waals surface area contributed by atoms with Crippen molar-refractivity contribution in [2.24, 2.45) is 0 Å². The van der Waals surface area contributed by atoms with Gasteiger partial charge in [-0.25, -0.2) is 4.79 Å². The first kappa shape index (κ1) is 20.1. The molecule has 6 heteroatoms. The van der Waals surface area contributed by atoms with Crippen LogP contribution in [0.15, 0.2) is 53.5 Å². The van der Waals surface area contributed by atoms with E-state index in [9.17, 15) is 9.59 Å². The molecule has 1 aromatic carbocycles. The minimum absolute atomic E-state index is 0.0308. The first-order valence-electron chi connectivity index (χ1n) is 9.76. The Morgan fingerprint density at radius 2 is 1.96 bits per heavy atom. The van der Waals surface area contributed by atoms with Crippen molar-refractivity contribution < 1.29 is 9.53 Å². The Morgan fingerprint density at radius 1 is 1.21 bits per heavy atom. The van der Waals surface area contributed by atoms with E-state index in [2.05, 4.69) is 22.4 Å². The Bertz CT molecular complexity index is 842. The summed E-state index contributed by atoms with van der Waals surface area (Å²) in [5.74, 6) is 0.266. The number of carbonyl (C=O) groups is 1. The normalized spacial score (nSPS) is 20.0. The number of pyridine rings is 1. The highest BCUT2D eigenvalue weighted by molar-refractivity contribution is 5.68. The number of H-pyrrole nitrogens is 1. The van der Waals surface area contributed by atoms with Crippen LogP contribution in [0, 0.1) is 0 Å². The maximum Gasteiger partial charge on any atom is 0.410 e. The van der Waals surface area contributed by atoms with Gasteiger partial charge in [0.15, 0.2) is 0 Å². The van der Waals surface area contributed by atoms with Gasteiger partial charge in [-0.3, -0.25) is 4.79 Å². The molecule has 0 saturated carbocycles. The lowest BCUT2D eigenvalue weighted by molar-refractivity contribution is 0.0170. The number of hydrogen-bond acceptors (Lipinski definition) is 4. The van der Waals surface area contributed by atoms with E-state index < -0.39 is 5.60 Å². The maximum absolute atomic E-state index is 12.6. The van der Waals surface area contributed by atoms with Crippen LogP contribution in [-0.2, 0) is 11.3 Å². The molecule has 2 aromatic rings. The highest BCUT2D eigenvalue weighted by atomic mass is 16.6. The highest BCUT2D eigenvalue weighted by Crippen LogP contribution is 2.29. The molecule has 0 radical (unpaired) electrons. The van der Waals surface area contributed by atoms with E-state index in [-0.39, 0.29) is 23.6 Å². The molecule has 1 fully saturated rings. The van der Waals surface area contributed by atoms with Crippen molar-refractivity contribution in [3.8, 4) is 0 Å². The predicted molar refractivity (Wildman–Crippen MR) is 109 cm³/mol. The summed E-state index contributed by atoms with van der Waals surface area (Å²) in [5.41, 5.74) is 1.31. The van der Waals surface area contributed by atoms with E-state index in [0.717, 1.165) is 6.42 Å². The van der Waals surface area contributed by atoms with Crippen molar-refractivity contribution in [2.75, 3.05) is 13.1 Å². The number of nitrogens with zero attached hydrogens (tertiary/aromatic N) is 1. The number of likely N-dealkylation sites (tertiary alicyclic amines) is 1. The monoisotopic (exact) mass is 383 g/mol. The fraction of sp³-hybridized carbons (Fsp3) is 0.455. The van der Waals surface area contributed by atoms with Crippen LogP contribution in [0.1, 0.15) is 44.2 Å². The number of benzene rings is 1. The Labute approximate surface area is 165 Å². The second-order valence-corrected chi connectivity index (χ2v) is 8.24. The van der Waals surface area contributed by atoms with Crippen molar-refractivity contribution in [1.29, 1.82) is 0 Å². The maximum atomic E-state index is 12.6. The summed E-state index contributed by atoms with van der Waals surface area (Å²) in [6, 6.07) is 14.0. The minimum atomic E-state index is -0.520. The van der Waals surface area contributed by atoms with Crippen molar-refractivity contribution >= 4 is 6.09 Å². The summed E-state index contributed by atoms with van der Waals surface area (Å²) in [7, 11) is 0. The number of ether oxygens (including phenoxy) is 1. The fourth-order valence-electron chi connectivity index (χ4n) is 3.59. The molecular weight excluding hydrogens is 354 g/mol. The Kier molecular flexibility index (Phi) is 6.19. The third-order valence-corrected chi connectivity index (χ3v) is 4.95. The predicted octanol–water partition coefficient (Wildman–Crippen LogP) is 3.26. The van der Waals surface area contributed by atoms with Crippen LogP contribution in [0.2, 0.25) is 0 Å². The molecule has 0 aliphatic carbocycles. The van der Waals surface area contributed by atoms with Crippen LogP contribution < -0.4 is 10.9 Å². The van der Waals surface area contributed by atoms with E-state index in [1.165, 1.54) is 5.56 Å². The number of aromatic amines is 1. The second kappa shape index (κ2) is 8.61. The third-order valence-electron chi connectivity index (χ3n) is 4.95. The van der Waals surface area contributed by atoms with Gasteiger partial charge in [0.05, 0.1) is 0 Å². The zero-order chi connectivity index (χ0) is 20.1. The standard InChI is InChI=1S/C22H29N3O3/c1-22(2,3)28-21(27)25-13-11-18(16-8-5-4-6-9-16)19(15-25)24-14-17-10-7-12-23-20(17)26/h4-10,12,18-19,24H,11,13-15H2,1-3H3,(H,23,26). The molecule has 28 heavy (non-hydrogen) atoms. The zero-order valence-corrected chi connectivity index (χ0v) is 16.8. The lowest BCUT2D eigenvalue weighted by atomic mass is 9.85. The molecule has 1 saturated heterocycles. The van der Waals surface area contributed by atoms with Gasteiger partial charge in [0.2, 0.25) is 0 Å². The third kappa shape index (κ3) is 5.23. The summed E-state index contributed by atoms with van der Waals surface area (Å²) in [6.07, 6.45) is 2.18. The van der Waals surface area contributed by atoms with E-state index >= 15 is 0 Å². The lowest BCUT2D eigenvalue weighted by Crippen LogP contribution is -2.52. The molecule has 2 atom stereocenters. The number of rotatable bonds is 4. The molecule has 1 aliphatic heterocycles. The van der Waals surface area contributed by atoms with Gasteiger partial charge in [0.25, 0.3) is 5.56 Å². The zero-order valence-electron chi connectivity index (χ0n) is 16.8. The first-order valence-corrected chi connectivity index (χ1v) is 9.76. The number of aromatic nitrogens is 1. The lowest BCUT2D eigenvalue weighted by Gasteiger charge is -2.39. The van der Waals surface area contributed by atoms with Gasteiger partial charge >= 0.3 is 6.09 Å². The van der Waals surface area contributed by atoms with Crippen molar-refractivity contribution in [2.45, 2.75) is 51.3 Å². The molecule has 150 valence electrons. The Morgan fingerprint density at radius 3 is 2.64 bits per heavy atom.